The molecule has 1 fully saturated rings. The number of aryl methyl sites for hydroxylation is 1. The van der Waals surface area contributed by atoms with E-state index in [0.717, 1.165) is 22.2 Å². The molecular weight excluding hydrogens is 284 g/mol. The Balaban J connectivity index is 2.27. The number of carbonyl (C=O) groups is 2. The molecular formula is C12H12N2O3S2. The Hall–Kier alpha value is -1.60. The second kappa shape index (κ2) is 5.18. The Labute approximate surface area is 119 Å². The minimum absolute atomic E-state index is 0.280. The molecule has 0 saturated carbocycles. The van der Waals surface area contributed by atoms with E-state index in [-0.39, 0.29) is 10.2 Å². The van der Waals surface area contributed by atoms with Gasteiger partial charge in [0.1, 0.15) is 10.4 Å². The molecule has 0 unspecified atom stereocenters. The first-order chi connectivity index (χ1) is 8.90. The monoisotopic (exact) mass is 296 g/mol. The van der Waals surface area contributed by atoms with E-state index in [9.17, 15) is 9.59 Å². The van der Waals surface area contributed by atoms with Gasteiger partial charge in [0.05, 0.1) is 4.91 Å². The zero-order valence-electron chi connectivity index (χ0n) is 10.4. The van der Waals surface area contributed by atoms with E-state index >= 15 is 0 Å². The second-order valence-corrected chi connectivity index (χ2v) is 5.85. The fourth-order valence-corrected chi connectivity index (χ4v) is 3.10. The normalized spacial score (nSPS) is 19.3. The minimum Gasteiger partial charge on any atom is -0.480 e. The van der Waals surface area contributed by atoms with Gasteiger partial charge in [-0.2, -0.15) is 0 Å². The van der Waals surface area contributed by atoms with Crippen molar-refractivity contribution in [3.8, 4) is 0 Å². The SMILES string of the molecule is C[C@@H](C(=O)O)N1C(=O)/C(=C\c2ccn(C)c2)SC1=S. The summed E-state index contributed by atoms with van der Waals surface area (Å²) in [6.45, 7) is 1.44. The largest absolute Gasteiger partial charge is 0.480 e. The summed E-state index contributed by atoms with van der Waals surface area (Å²) in [6.07, 6.45) is 5.45. The molecule has 1 aromatic heterocycles. The van der Waals surface area contributed by atoms with Crippen molar-refractivity contribution in [2.75, 3.05) is 0 Å². The van der Waals surface area contributed by atoms with Crippen molar-refractivity contribution < 1.29 is 14.7 Å². The van der Waals surface area contributed by atoms with Crippen LogP contribution in [-0.2, 0) is 16.6 Å². The number of amides is 1. The van der Waals surface area contributed by atoms with Crippen molar-refractivity contribution in [2.45, 2.75) is 13.0 Å². The van der Waals surface area contributed by atoms with Crippen LogP contribution in [0.4, 0.5) is 0 Å². The number of hydrogen-bond acceptors (Lipinski definition) is 4. The number of carbonyl (C=O) groups excluding carboxylic acids is 1. The molecule has 1 aromatic rings. The Morgan fingerprint density at radius 1 is 1.58 bits per heavy atom. The molecule has 0 spiro atoms. The minimum atomic E-state index is -1.07. The van der Waals surface area contributed by atoms with Crippen molar-refractivity contribution in [3.05, 3.63) is 28.9 Å². The van der Waals surface area contributed by atoms with Crippen LogP contribution >= 0.6 is 24.0 Å². The zero-order chi connectivity index (χ0) is 14.2. The lowest BCUT2D eigenvalue weighted by Crippen LogP contribution is -2.41. The van der Waals surface area contributed by atoms with Crippen LogP contribution in [-0.4, -0.2) is 36.8 Å². The van der Waals surface area contributed by atoms with Gasteiger partial charge in [-0.15, -0.1) is 0 Å². The van der Waals surface area contributed by atoms with Crippen LogP contribution in [0.15, 0.2) is 23.4 Å². The average molecular weight is 296 g/mol. The standard InChI is InChI=1S/C12H12N2O3S2/c1-7(11(16)17)14-10(15)9(19-12(14)18)5-8-3-4-13(2)6-8/h3-7H,1-2H3,(H,16,17)/b9-5+/t7-/m0/s1. The maximum absolute atomic E-state index is 12.2. The lowest BCUT2D eigenvalue weighted by Gasteiger charge is -2.18. The highest BCUT2D eigenvalue weighted by Crippen LogP contribution is 2.33. The summed E-state index contributed by atoms with van der Waals surface area (Å²) in [5.41, 5.74) is 0.881. The number of nitrogens with zero attached hydrogens (tertiary/aromatic N) is 2. The summed E-state index contributed by atoms with van der Waals surface area (Å²) >= 11 is 6.20. The summed E-state index contributed by atoms with van der Waals surface area (Å²) < 4.78 is 2.15. The molecule has 0 bridgehead atoms. The Morgan fingerprint density at radius 3 is 2.79 bits per heavy atom. The van der Waals surface area contributed by atoms with Crippen molar-refractivity contribution >= 4 is 46.3 Å². The van der Waals surface area contributed by atoms with Gasteiger partial charge in [0.2, 0.25) is 0 Å². The number of thiocarbonyl (C=S) groups is 1. The molecule has 1 amide bonds. The van der Waals surface area contributed by atoms with Crippen LogP contribution in [0.3, 0.4) is 0 Å². The van der Waals surface area contributed by atoms with Crippen molar-refractivity contribution in [2.24, 2.45) is 7.05 Å². The number of carboxylic acids is 1. The molecule has 1 aliphatic rings. The van der Waals surface area contributed by atoms with E-state index in [1.54, 1.807) is 6.08 Å². The van der Waals surface area contributed by atoms with Gasteiger partial charge in [0, 0.05) is 19.4 Å². The van der Waals surface area contributed by atoms with E-state index in [1.165, 1.54) is 6.92 Å². The molecule has 1 saturated heterocycles. The molecule has 19 heavy (non-hydrogen) atoms. The summed E-state index contributed by atoms with van der Waals surface area (Å²) in [4.78, 5) is 24.7. The third-order valence-corrected chi connectivity index (χ3v) is 4.05. The molecule has 100 valence electrons. The number of aliphatic carboxylic acids is 1. The van der Waals surface area contributed by atoms with Gasteiger partial charge in [-0.3, -0.25) is 9.69 Å². The summed E-state index contributed by atoms with van der Waals surface area (Å²) in [5.74, 6) is -1.42. The fourth-order valence-electron chi connectivity index (χ4n) is 1.69. The van der Waals surface area contributed by atoms with E-state index in [0.29, 0.717) is 4.91 Å². The summed E-state index contributed by atoms with van der Waals surface area (Å²) in [5, 5.41) is 8.97. The highest BCUT2D eigenvalue weighted by Gasteiger charge is 2.38. The van der Waals surface area contributed by atoms with Crippen LogP contribution in [0.25, 0.3) is 6.08 Å². The molecule has 0 aliphatic carbocycles. The lowest BCUT2D eigenvalue weighted by atomic mass is 10.2. The Kier molecular flexibility index (Phi) is 3.77. The van der Waals surface area contributed by atoms with E-state index in [2.05, 4.69) is 0 Å². The molecule has 1 aliphatic heterocycles. The van der Waals surface area contributed by atoms with Gasteiger partial charge in [0.25, 0.3) is 5.91 Å². The molecule has 7 heteroatoms. The molecule has 0 radical (unpaired) electrons. The first-order valence-electron chi connectivity index (χ1n) is 5.52. The van der Waals surface area contributed by atoms with Gasteiger partial charge < -0.3 is 9.67 Å². The molecule has 0 aromatic carbocycles. The second-order valence-electron chi connectivity index (χ2n) is 4.18. The number of thioether (sulfide) groups is 1. The first-order valence-corrected chi connectivity index (χ1v) is 6.74. The molecule has 2 rings (SSSR count). The first kappa shape index (κ1) is 13.8. The Morgan fingerprint density at radius 2 is 2.26 bits per heavy atom. The van der Waals surface area contributed by atoms with Crippen LogP contribution < -0.4 is 0 Å². The smallest absolute Gasteiger partial charge is 0.326 e. The van der Waals surface area contributed by atoms with Crippen LogP contribution in [0.5, 0.6) is 0 Å². The number of aromatic nitrogens is 1. The topological polar surface area (TPSA) is 62.5 Å². The lowest BCUT2D eigenvalue weighted by molar-refractivity contribution is -0.144. The molecule has 1 N–H and O–H groups in total. The predicted molar refractivity (Wildman–Crippen MR) is 77.5 cm³/mol. The highest BCUT2D eigenvalue weighted by atomic mass is 32.2. The summed E-state index contributed by atoms with van der Waals surface area (Å²) in [7, 11) is 1.88. The predicted octanol–water partition coefficient (Wildman–Crippen LogP) is 1.70. The fraction of sp³-hybridized carbons (Fsp3) is 0.250. The zero-order valence-corrected chi connectivity index (χ0v) is 12.0. The molecule has 1 atom stereocenters. The van der Waals surface area contributed by atoms with Crippen LogP contribution in [0, 0.1) is 0 Å². The van der Waals surface area contributed by atoms with E-state index in [4.69, 9.17) is 17.3 Å². The van der Waals surface area contributed by atoms with Gasteiger partial charge >= 0.3 is 5.97 Å². The van der Waals surface area contributed by atoms with Gasteiger partial charge in [-0.1, -0.05) is 24.0 Å². The van der Waals surface area contributed by atoms with Gasteiger partial charge in [-0.05, 0) is 24.6 Å². The number of rotatable bonds is 3. The molecule has 2 heterocycles. The highest BCUT2D eigenvalue weighted by molar-refractivity contribution is 8.26. The number of hydrogen-bond donors (Lipinski definition) is 1. The van der Waals surface area contributed by atoms with Crippen LogP contribution in [0.2, 0.25) is 0 Å². The van der Waals surface area contributed by atoms with Crippen LogP contribution in [0.1, 0.15) is 12.5 Å². The van der Waals surface area contributed by atoms with Gasteiger partial charge in [-0.25, -0.2) is 4.79 Å². The average Bonchev–Trinajstić information content (AvgIpc) is 2.84. The molecule has 5 nitrogen and oxygen atoms in total. The quantitative estimate of drug-likeness (QED) is 0.679. The third kappa shape index (κ3) is 2.71. The van der Waals surface area contributed by atoms with Gasteiger partial charge in [0.15, 0.2) is 0 Å². The van der Waals surface area contributed by atoms with Crippen molar-refractivity contribution in [3.63, 3.8) is 0 Å². The van der Waals surface area contributed by atoms with Crippen molar-refractivity contribution in [1.29, 1.82) is 0 Å². The Bertz CT molecular complexity index is 592. The third-order valence-electron chi connectivity index (χ3n) is 2.72. The maximum Gasteiger partial charge on any atom is 0.326 e. The van der Waals surface area contributed by atoms with E-state index < -0.39 is 12.0 Å². The van der Waals surface area contributed by atoms with E-state index in [1.807, 2.05) is 30.1 Å². The van der Waals surface area contributed by atoms with Crippen molar-refractivity contribution in [1.82, 2.24) is 9.47 Å². The number of carboxylic acid groups (broad SMARTS) is 1. The summed E-state index contributed by atoms with van der Waals surface area (Å²) in [6, 6.07) is 0.918. The maximum atomic E-state index is 12.2.